The largest absolute Gasteiger partial charge is 0.477 e. The zero-order valence-electron chi connectivity index (χ0n) is 34.2. The third kappa shape index (κ3) is 14.0. The highest BCUT2D eigenvalue weighted by Gasteiger charge is 2.57. The van der Waals surface area contributed by atoms with E-state index in [0.717, 1.165) is 20.8 Å². The molecule has 3 fully saturated rings. The van der Waals surface area contributed by atoms with Crippen molar-refractivity contribution in [3.63, 3.8) is 0 Å². The maximum absolute atomic E-state index is 12.6. The predicted molar refractivity (Wildman–Crippen MR) is 199 cm³/mol. The molecule has 0 spiro atoms. The number of ether oxygens (including phenoxy) is 6. The van der Waals surface area contributed by atoms with Gasteiger partial charge in [0, 0.05) is 27.2 Å². The Morgan fingerprint density at radius 1 is 0.781 bits per heavy atom. The average molecular weight is 960 g/mol. The van der Waals surface area contributed by atoms with Gasteiger partial charge in [-0.05, 0) is 0 Å². The first-order chi connectivity index (χ1) is 29.7. The number of amides is 3. The minimum atomic E-state index is -5.11. The van der Waals surface area contributed by atoms with E-state index < -0.39 is 195 Å². The van der Waals surface area contributed by atoms with Crippen LogP contribution in [0.15, 0.2) is 0 Å². The second kappa shape index (κ2) is 23.7. The topological polar surface area (TPSA) is 486 Å². The van der Waals surface area contributed by atoms with Crippen LogP contribution in [-0.2, 0) is 62.2 Å². The van der Waals surface area contributed by atoms with E-state index >= 15 is 0 Å². The van der Waals surface area contributed by atoms with Crippen LogP contribution >= 0.6 is 0 Å². The smallest absolute Gasteiger partial charge is 0.397 e. The zero-order chi connectivity index (χ0) is 48.6. The number of carboxylic acids is 1. The summed E-state index contributed by atoms with van der Waals surface area (Å²) in [7, 11) is -5.11. The van der Waals surface area contributed by atoms with Crippen LogP contribution in [0.5, 0.6) is 0 Å². The fraction of sp³-hybridized carbons (Fsp3) is 0.879. The fourth-order valence-electron chi connectivity index (χ4n) is 7.09. The molecule has 20 atom stereocenters. The Kier molecular flexibility index (Phi) is 20.5. The van der Waals surface area contributed by atoms with Crippen LogP contribution in [0.25, 0.3) is 0 Å². The third-order valence-electron chi connectivity index (χ3n) is 10.2. The first-order valence-electron chi connectivity index (χ1n) is 19.3. The van der Waals surface area contributed by atoms with E-state index in [-0.39, 0.29) is 0 Å². The summed E-state index contributed by atoms with van der Waals surface area (Å²) >= 11 is 0. The number of carbonyl (C=O) groups is 4. The van der Waals surface area contributed by atoms with E-state index in [0.29, 0.717) is 0 Å². The summed E-state index contributed by atoms with van der Waals surface area (Å²) in [6, 6.07) is -5.19. The summed E-state index contributed by atoms with van der Waals surface area (Å²) in [6.07, 6.45) is -34.1. The maximum Gasteiger partial charge on any atom is 0.397 e. The van der Waals surface area contributed by atoms with Gasteiger partial charge in [0.25, 0.3) is 5.79 Å². The van der Waals surface area contributed by atoms with Crippen LogP contribution in [0, 0.1) is 0 Å². The van der Waals surface area contributed by atoms with Crippen LogP contribution in [0.3, 0.4) is 0 Å². The van der Waals surface area contributed by atoms with Crippen LogP contribution in [0.2, 0.25) is 0 Å². The van der Waals surface area contributed by atoms with Crippen LogP contribution in [-0.4, -0.2) is 258 Å². The summed E-state index contributed by atoms with van der Waals surface area (Å²) in [5, 5.41) is 144. The first kappa shape index (κ1) is 55.4. The van der Waals surface area contributed by atoms with Gasteiger partial charge in [-0.3, -0.25) is 18.9 Å². The van der Waals surface area contributed by atoms with Crippen molar-refractivity contribution in [3.05, 3.63) is 0 Å². The molecule has 3 heterocycles. The highest BCUT2D eigenvalue weighted by molar-refractivity contribution is 7.80. The lowest BCUT2D eigenvalue weighted by Crippen LogP contribution is -2.69. The quantitative estimate of drug-likeness (QED) is 0.0448. The number of nitrogens with one attached hydrogen (secondary N) is 3. The molecule has 3 rings (SSSR count). The molecular weight excluding hydrogens is 902 g/mol. The minimum absolute atomic E-state index is 0.796. The van der Waals surface area contributed by atoms with Crippen molar-refractivity contribution in [2.75, 3.05) is 33.0 Å². The molecule has 0 aromatic rings. The highest BCUT2D eigenvalue weighted by Crippen LogP contribution is 2.35. The maximum atomic E-state index is 12.6. The second-order valence-corrected chi connectivity index (χ2v) is 16.2. The Morgan fingerprint density at radius 2 is 1.38 bits per heavy atom. The predicted octanol–water partition coefficient (Wildman–Crippen LogP) is -10.6. The van der Waals surface area contributed by atoms with E-state index in [9.17, 15) is 94.0 Å². The van der Waals surface area contributed by atoms with Gasteiger partial charge in [0.15, 0.2) is 12.6 Å². The Morgan fingerprint density at radius 3 is 1.89 bits per heavy atom. The van der Waals surface area contributed by atoms with Gasteiger partial charge in [-0.1, -0.05) is 0 Å². The third-order valence-corrected chi connectivity index (χ3v) is 10.7. The van der Waals surface area contributed by atoms with Crippen molar-refractivity contribution < 1.29 is 131 Å². The molecule has 3 aliphatic rings. The average Bonchev–Trinajstić information content (AvgIpc) is 3.21. The summed E-state index contributed by atoms with van der Waals surface area (Å²) in [4.78, 5) is 49.1. The van der Waals surface area contributed by atoms with E-state index in [1.54, 1.807) is 0 Å². The molecule has 0 aromatic heterocycles. The summed E-state index contributed by atoms with van der Waals surface area (Å²) < 4.78 is 68.7. The Labute approximate surface area is 363 Å². The van der Waals surface area contributed by atoms with Gasteiger partial charge >= 0.3 is 16.4 Å². The molecule has 64 heavy (non-hydrogen) atoms. The van der Waals surface area contributed by atoms with Gasteiger partial charge in [0.1, 0.15) is 85.4 Å². The van der Waals surface area contributed by atoms with E-state index in [1.807, 2.05) is 0 Å². The molecule has 3 amide bonds. The van der Waals surface area contributed by atoms with Crippen LogP contribution in [0.4, 0.5) is 0 Å². The lowest BCUT2D eigenvalue weighted by atomic mass is 9.88. The van der Waals surface area contributed by atoms with Crippen LogP contribution in [0.1, 0.15) is 27.2 Å². The number of hydrogen-bond donors (Lipinski definition) is 17. The number of carboxylic acid groups (broad SMARTS) is 1. The lowest BCUT2D eigenvalue weighted by molar-refractivity contribution is -0.353. The number of rotatable bonds is 22. The van der Waals surface area contributed by atoms with Crippen molar-refractivity contribution in [2.24, 2.45) is 0 Å². The highest BCUT2D eigenvalue weighted by atomic mass is 32.3. The summed E-state index contributed by atoms with van der Waals surface area (Å²) in [6.45, 7) is -2.81. The van der Waals surface area contributed by atoms with Crippen molar-refractivity contribution >= 4 is 34.1 Å². The number of aliphatic hydroxyl groups excluding tert-OH is 12. The SMILES string of the molecule is CC(=O)N[C@H]1[C@H](O[C@@H]([C@@H](O)[C@H](O)CO[C@]2(C(=O)O)C[C@H](O)[C@@H](NC(C)=O)[C@H]([C@H](O)[C@H](O)CO)O2)[C@H](CO)NC(C)=O)O[C@H](CO)[C@@H](O[C@@H]2O[C@H](COS(=O)(=O)O)[C@H](O)[C@H](O)[C@H]2O)[C@@H]1O. The monoisotopic (exact) mass is 959 g/mol. The molecule has 0 saturated carbocycles. The Bertz CT molecular complexity index is 1670. The molecule has 0 bridgehead atoms. The van der Waals surface area contributed by atoms with Gasteiger partial charge in [-0.25, -0.2) is 8.98 Å². The number of aliphatic carboxylic acids is 1. The Balaban J connectivity index is 1.94. The number of hydrogen-bond acceptors (Lipinski definition) is 25. The molecule has 3 aliphatic heterocycles. The molecule has 31 heteroatoms. The summed E-state index contributed by atoms with van der Waals surface area (Å²) in [5.74, 6) is -7.60. The molecule has 0 aromatic carbocycles. The van der Waals surface area contributed by atoms with Gasteiger partial charge < -0.3 is 111 Å². The molecular formula is C33H57N3O27S. The van der Waals surface area contributed by atoms with Gasteiger partial charge in [-0.2, -0.15) is 8.42 Å². The van der Waals surface area contributed by atoms with E-state index in [4.69, 9.17) is 33.0 Å². The number of aliphatic hydroxyl groups is 12. The standard InChI is InChI=1S/C33H57N3O27S/c1-10(40)34-13(5-37)27(22(47)16(45)8-57-33(32(52)53)4-14(43)19(35-11(2)41)29(63-33)21(46)15(44)6-38)61-30-20(36-12(3)42)24(49)28(17(7-39)59-30)62-31-26(51)25(50)23(48)18(60-31)9-58-64(54,55)56/h13-31,37-39,43-51H,4-9H2,1-3H3,(H,34,40)(H,35,41)(H,36,42)(H,52,53)(H,54,55,56)/t13-,14-,15+,16+,17+,18+,19+,20+,21+,22-,23-,24+,25-,26+,27+,28+,29+,30-,31-,33+/m0/s1. The van der Waals surface area contributed by atoms with Crippen molar-refractivity contribution in [1.29, 1.82) is 0 Å². The van der Waals surface area contributed by atoms with Crippen molar-refractivity contribution in [3.8, 4) is 0 Å². The molecule has 0 unspecified atom stereocenters. The van der Waals surface area contributed by atoms with E-state index in [2.05, 4.69) is 20.1 Å². The molecule has 17 N–H and O–H groups in total. The van der Waals surface area contributed by atoms with Crippen LogP contribution < -0.4 is 16.0 Å². The normalized spacial score (nSPS) is 36.4. The minimum Gasteiger partial charge on any atom is -0.477 e. The fourth-order valence-corrected chi connectivity index (χ4v) is 7.40. The van der Waals surface area contributed by atoms with Gasteiger partial charge in [0.2, 0.25) is 17.7 Å². The van der Waals surface area contributed by atoms with Gasteiger partial charge in [-0.15, -0.1) is 0 Å². The van der Waals surface area contributed by atoms with Crippen molar-refractivity contribution in [1.82, 2.24) is 16.0 Å². The Hall–Kier alpha value is -2.97. The first-order valence-corrected chi connectivity index (χ1v) is 20.6. The number of carbonyl (C=O) groups excluding carboxylic acids is 3. The van der Waals surface area contributed by atoms with Gasteiger partial charge in [0.05, 0.1) is 51.2 Å². The zero-order valence-corrected chi connectivity index (χ0v) is 35.0. The second-order valence-electron chi connectivity index (χ2n) is 15.1. The lowest BCUT2D eigenvalue weighted by Gasteiger charge is -2.48. The molecule has 3 saturated heterocycles. The molecule has 30 nitrogen and oxygen atoms in total. The molecule has 0 aliphatic carbocycles. The molecule has 372 valence electrons. The molecule has 0 radical (unpaired) electrons. The summed E-state index contributed by atoms with van der Waals surface area (Å²) in [5.41, 5.74) is 0. The van der Waals surface area contributed by atoms with Crippen molar-refractivity contribution in [2.45, 2.75) is 149 Å². The van der Waals surface area contributed by atoms with E-state index in [1.165, 1.54) is 0 Å².